The van der Waals surface area contributed by atoms with Crippen LogP contribution in [-0.2, 0) is 21.2 Å². The number of benzene rings is 2. The molecule has 1 aromatic heterocycles. The fraction of sp³-hybridized carbons (Fsp3) is 0.469. The lowest BCUT2D eigenvalue weighted by atomic mass is 9.86. The van der Waals surface area contributed by atoms with E-state index < -0.39 is 9.25 Å². The van der Waals surface area contributed by atoms with Gasteiger partial charge in [0.05, 0.1) is 25.0 Å². The van der Waals surface area contributed by atoms with E-state index in [4.69, 9.17) is 9.47 Å². The van der Waals surface area contributed by atoms with Crippen molar-refractivity contribution in [1.82, 2.24) is 19.8 Å². The topological polar surface area (TPSA) is 109 Å². The molecule has 0 bridgehead atoms. The maximum Gasteiger partial charge on any atom is 0.255 e. The van der Waals surface area contributed by atoms with Gasteiger partial charge in [-0.25, -0.2) is 4.98 Å². The fourth-order valence-electron chi connectivity index (χ4n) is 4.70. The number of methoxy groups -OCH3 is 1. The third kappa shape index (κ3) is 8.98. The van der Waals surface area contributed by atoms with Gasteiger partial charge in [-0.1, -0.05) is 26.8 Å². The summed E-state index contributed by atoms with van der Waals surface area (Å²) in [6.07, 6.45) is 6.70. The van der Waals surface area contributed by atoms with Crippen LogP contribution in [0.2, 0.25) is 0 Å². The third-order valence-corrected chi connectivity index (χ3v) is 8.09. The molecule has 0 unspecified atom stereocenters. The van der Waals surface area contributed by atoms with Crippen molar-refractivity contribution in [2.75, 3.05) is 69.1 Å². The van der Waals surface area contributed by atoms with Crippen LogP contribution >= 0.6 is 0 Å². The minimum Gasteiger partial charge on any atom is -0.492 e. The van der Waals surface area contributed by atoms with Gasteiger partial charge >= 0.3 is 0 Å². The zero-order chi connectivity index (χ0) is 31.6. The predicted octanol–water partition coefficient (Wildman–Crippen LogP) is 4.92. The molecule has 0 spiro atoms. The number of anilines is 2. The van der Waals surface area contributed by atoms with E-state index in [9.17, 15) is 9.00 Å². The third-order valence-electron chi connectivity index (χ3n) is 7.17. The summed E-state index contributed by atoms with van der Waals surface area (Å²) in [4.78, 5) is 27.3. The van der Waals surface area contributed by atoms with Crippen LogP contribution in [0.5, 0.6) is 17.4 Å². The average Bonchev–Trinajstić information content (AvgIpc) is 2.89. The first-order valence-electron chi connectivity index (χ1n) is 14.4. The van der Waals surface area contributed by atoms with Crippen LogP contribution < -0.4 is 19.5 Å². The summed E-state index contributed by atoms with van der Waals surface area (Å²) in [5.74, 6) is 1.72. The Hall–Kier alpha value is -3.54. The van der Waals surface area contributed by atoms with Crippen LogP contribution in [0, 0.1) is 6.92 Å². The summed E-state index contributed by atoms with van der Waals surface area (Å²) in [5.41, 5.74) is 3.02. The van der Waals surface area contributed by atoms with E-state index in [2.05, 4.69) is 57.6 Å². The van der Waals surface area contributed by atoms with Crippen molar-refractivity contribution in [2.24, 2.45) is 0 Å². The van der Waals surface area contributed by atoms with Crippen molar-refractivity contribution in [3.63, 3.8) is 0 Å². The molecule has 2 N–H and O–H groups in total. The number of hydrogen-bond donors (Lipinski definition) is 2. The van der Waals surface area contributed by atoms with Crippen molar-refractivity contribution < 1.29 is 18.5 Å². The molecule has 1 aliphatic heterocycles. The Morgan fingerprint density at radius 1 is 1.02 bits per heavy atom. The number of hydrogen-bond acceptors (Lipinski definition) is 8. The van der Waals surface area contributed by atoms with E-state index in [1.165, 1.54) is 7.11 Å². The van der Waals surface area contributed by atoms with Crippen molar-refractivity contribution >= 4 is 26.5 Å². The second kappa shape index (κ2) is 12.2. The first-order valence-corrected chi connectivity index (χ1v) is 17.6. The van der Waals surface area contributed by atoms with Gasteiger partial charge in [0.25, 0.3) is 5.91 Å². The van der Waals surface area contributed by atoms with E-state index in [0.29, 0.717) is 46.7 Å². The van der Waals surface area contributed by atoms with Gasteiger partial charge < -0.3 is 24.4 Å². The molecule has 0 aliphatic carbocycles. The quantitative estimate of drug-likeness (QED) is 0.352. The maximum absolute atomic E-state index is 13.6. The van der Waals surface area contributed by atoms with Crippen LogP contribution in [-0.4, -0.2) is 89.0 Å². The number of nitrogens with zero attached hydrogens (tertiary/aromatic N) is 4. The number of rotatable bonds is 9. The number of amides is 1. The Morgan fingerprint density at radius 3 is 2.33 bits per heavy atom. The fourth-order valence-corrected chi connectivity index (χ4v) is 5.60. The van der Waals surface area contributed by atoms with Crippen LogP contribution in [0.25, 0.3) is 0 Å². The molecule has 43 heavy (non-hydrogen) atoms. The molecule has 10 nitrogen and oxygen atoms in total. The van der Waals surface area contributed by atoms with Crippen molar-refractivity contribution in [3.05, 3.63) is 65.1 Å². The molecule has 2 heterocycles. The highest BCUT2D eigenvalue weighted by Crippen LogP contribution is 2.41. The number of piperazine rings is 1. The van der Waals surface area contributed by atoms with Gasteiger partial charge in [0.2, 0.25) is 5.88 Å². The van der Waals surface area contributed by atoms with Gasteiger partial charge in [-0.3, -0.25) is 13.9 Å². The van der Waals surface area contributed by atoms with E-state index in [1.54, 1.807) is 43.2 Å². The molecule has 0 atom stereocenters. The average molecular weight is 611 g/mol. The first-order chi connectivity index (χ1) is 20.0. The molecule has 2 aromatic carbocycles. The molecule has 4 rings (SSSR count). The van der Waals surface area contributed by atoms with Crippen molar-refractivity contribution in [1.29, 1.82) is 0 Å². The number of aryl methyl sites for hydroxylation is 1. The smallest absolute Gasteiger partial charge is 0.255 e. The zero-order valence-electron chi connectivity index (χ0n) is 26.9. The van der Waals surface area contributed by atoms with Gasteiger partial charge in [0.1, 0.15) is 11.6 Å². The SMILES string of the molecule is COc1c(NC(=O)c2ccc(C)c(Oc3ccnc(CN4CCN(C)CC4)n3)c2)cc(C(C)(C)C)cc1NS(C)(C)(C)=O. The largest absolute Gasteiger partial charge is 0.492 e. The number of carbonyl (C=O) groups is 1. The Kier molecular flexibility index (Phi) is 9.20. The normalized spacial score (nSPS) is 15.8. The van der Waals surface area contributed by atoms with E-state index in [-0.39, 0.29) is 11.3 Å². The Morgan fingerprint density at radius 2 is 1.70 bits per heavy atom. The first kappa shape index (κ1) is 32.4. The summed E-state index contributed by atoms with van der Waals surface area (Å²) in [6.45, 7) is 12.8. The van der Waals surface area contributed by atoms with Crippen LogP contribution in [0.1, 0.15) is 48.1 Å². The summed E-state index contributed by atoms with van der Waals surface area (Å²) in [6, 6.07) is 10.8. The summed E-state index contributed by atoms with van der Waals surface area (Å²) >= 11 is 0. The number of nitrogens with one attached hydrogen (secondary N) is 2. The molecule has 1 amide bonds. The van der Waals surface area contributed by atoms with Gasteiger partial charge in [0.15, 0.2) is 5.75 Å². The second-order valence-electron chi connectivity index (χ2n) is 13.3. The summed E-state index contributed by atoms with van der Waals surface area (Å²) < 4.78 is 28.3. The molecule has 1 saturated heterocycles. The van der Waals surface area contributed by atoms with Gasteiger partial charge in [-0.15, -0.1) is 0 Å². The Bertz CT molecular complexity index is 1540. The highest BCUT2D eigenvalue weighted by Gasteiger charge is 2.25. The lowest BCUT2D eigenvalue weighted by molar-refractivity contribution is 0.102. The Labute approximate surface area is 255 Å². The second-order valence-corrected chi connectivity index (χ2v) is 18.3. The number of carbonyl (C=O) groups excluding carboxylic acids is 1. The minimum absolute atomic E-state index is 0.236. The van der Waals surface area contributed by atoms with Crippen LogP contribution in [0.4, 0.5) is 11.4 Å². The Balaban J connectivity index is 1.58. The molecule has 1 fully saturated rings. The van der Waals surface area contributed by atoms with E-state index in [0.717, 1.165) is 37.3 Å². The lowest BCUT2D eigenvalue weighted by Gasteiger charge is -2.33. The number of ether oxygens (including phenoxy) is 2. The molecular formula is C32H46N6O4S. The van der Waals surface area contributed by atoms with Gasteiger partial charge in [-0.2, -0.15) is 4.98 Å². The lowest BCUT2D eigenvalue weighted by Crippen LogP contribution is -2.44. The van der Waals surface area contributed by atoms with Gasteiger partial charge in [-0.05, 0) is 64.0 Å². The van der Waals surface area contributed by atoms with E-state index >= 15 is 0 Å². The van der Waals surface area contributed by atoms with Crippen molar-refractivity contribution in [2.45, 2.75) is 39.7 Å². The molecule has 234 valence electrons. The minimum atomic E-state index is -3.16. The molecule has 0 saturated carbocycles. The van der Waals surface area contributed by atoms with Gasteiger partial charge in [0, 0.05) is 62.8 Å². The predicted molar refractivity (Wildman–Crippen MR) is 175 cm³/mol. The van der Waals surface area contributed by atoms with E-state index in [1.807, 2.05) is 25.1 Å². The molecular weight excluding hydrogens is 564 g/mol. The maximum atomic E-state index is 13.6. The molecule has 3 aromatic rings. The molecule has 11 heteroatoms. The summed E-state index contributed by atoms with van der Waals surface area (Å²) in [5, 5.41) is 3.01. The molecule has 1 aliphatic rings. The van der Waals surface area contributed by atoms with Crippen LogP contribution in [0.3, 0.4) is 0 Å². The number of likely N-dealkylation sites (N-methyl/N-ethyl adjacent to an activating group) is 1. The standard InChI is InChI=1S/C32H46N6O4S/c1-22-10-11-23(18-27(22)42-29-12-13-33-28(35-29)21-38-16-14-37(5)15-17-38)31(39)34-25-19-24(32(2,3)4)20-26(30(25)41-6)36-43(7,8,9)40/h10-13,18-20H,14-17,21H2,1-9H3,(H,34,39)(H,36,40). The van der Waals surface area contributed by atoms with Crippen LogP contribution in [0.15, 0.2) is 42.6 Å². The monoisotopic (exact) mass is 610 g/mol. The number of aromatic nitrogens is 2. The highest BCUT2D eigenvalue weighted by atomic mass is 32.3. The summed E-state index contributed by atoms with van der Waals surface area (Å²) in [7, 11) is 0.499. The zero-order valence-corrected chi connectivity index (χ0v) is 27.7. The highest BCUT2D eigenvalue weighted by molar-refractivity contribution is 8.19. The molecule has 0 radical (unpaired) electrons. The van der Waals surface area contributed by atoms with Crippen molar-refractivity contribution in [3.8, 4) is 17.4 Å².